The highest BCUT2D eigenvalue weighted by molar-refractivity contribution is 5.88. The maximum Gasteiger partial charge on any atom is 0.225 e. The Morgan fingerprint density at radius 2 is 2.09 bits per heavy atom. The molecule has 0 aromatic heterocycles. The summed E-state index contributed by atoms with van der Waals surface area (Å²) in [6.07, 6.45) is 3.90. The third kappa shape index (κ3) is 5.52. The van der Waals surface area contributed by atoms with Crippen LogP contribution < -0.4 is 16.4 Å². The first-order valence-corrected chi connectivity index (χ1v) is 7.81. The Hall–Kier alpha value is -1.59. The Bertz CT molecular complexity index is 561. The Labute approximate surface area is 143 Å². The van der Waals surface area contributed by atoms with Gasteiger partial charge in [0.1, 0.15) is 0 Å². The van der Waals surface area contributed by atoms with Crippen LogP contribution >= 0.6 is 12.4 Å². The molecule has 0 spiro atoms. The van der Waals surface area contributed by atoms with Gasteiger partial charge in [0, 0.05) is 24.7 Å². The standard InChI is InChI=1S/C17H25N3O2.ClH/c1-12(21)20-14-7-5-6-13(10-14)11-19-16(22)15-8-3-4-9-17(15,2)18;/h5-7,10,15H,3-4,8-9,11,18H2,1-2H3,(H,19,22)(H,20,21);1H. The lowest BCUT2D eigenvalue weighted by Crippen LogP contribution is -2.52. The number of nitrogens with two attached hydrogens (primary N) is 1. The van der Waals surface area contributed by atoms with Crippen molar-refractivity contribution in [2.24, 2.45) is 11.7 Å². The van der Waals surface area contributed by atoms with Crippen molar-refractivity contribution >= 4 is 29.9 Å². The van der Waals surface area contributed by atoms with E-state index >= 15 is 0 Å². The van der Waals surface area contributed by atoms with Gasteiger partial charge in [-0.05, 0) is 37.5 Å². The normalized spacial score (nSPS) is 23.5. The van der Waals surface area contributed by atoms with E-state index in [9.17, 15) is 9.59 Å². The molecule has 0 radical (unpaired) electrons. The number of benzene rings is 1. The predicted octanol–water partition coefficient (Wildman–Crippen LogP) is 2.59. The summed E-state index contributed by atoms with van der Waals surface area (Å²) in [6.45, 7) is 3.88. The number of hydrogen-bond donors (Lipinski definition) is 3. The predicted molar refractivity (Wildman–Crippen MR) is 94.4 cm³/mol. The summed E-state index contributed by atoms with van der Waals surface area (Å²) < 4.78 is 0. The molecular formula is C17H26ClN3O2. The van der Waals surface area contributed by atoms with Gasteiger partial charge in [-0.2, -0.15) is 0 Å². The number of rotatable bonds is 4. The van der Waals surface area contributed by atoms with Gasteiger partial charge in [-0.1, -0.05) is 25.0 Å². The minimum absolute atomic E-state index is 0. The smallest absolute Gasteiger partial charge is 0.225 e. The van der Waals surface area contributed by atoms with Crippen LogP contribution in [0.4, 0.5) is 5.69 Å². The van der Waals surface area contributed by atoms with Crippen molar-refractivity contribution in [3.05, 3.63) is 29.8 Å². The molecule has 2 amide bonds. The van der Waals surface area contributed by atoms with Crippen LogP contribution in [0.2, 0.25) is 0 Å². The van der Waals surface area contributed by atoms with Crippen molar-refractivity contribution in [3.8, 4) is 0 Å². The summed E-state index contributed by atoms with van der Waals surface area (Å²) in [5.74, 6) is -0.211. The molecule has 5 nitrogen and oxygen atoms in total. The van der Waals surface area contributed by atoms with Gasteiger partial charge in [0.2, 0.25) is 11.8 Å². The number of halogens is 1. The van der Waals surface area contributed by atoms with Gasteiger partial charge in [-0.25, -0.2) is 0 Å². The van der Waals surface area contributed by atoms with Crippen molar-refractivity contribution in [2.45, 2.75) is 51.6 Å². The molecule has 1 saturated carbocycles. The minimum Gasteiger partial charge on any atom is -0.352 e. The van der Waals surface area contributed by atoms with E-state index in [4.69, 9.17) is 5.73 Å². The van der Waals surface area contributed by atoms with E-state index in [0.717, 1.165) is 36.9 Å². The van der Waals surface area contributed by atoms with Crippen LogP contribution in [0.25, 0.3) is 0 Å². The Kier molecular flexibility index (Phi) is 7.03. The van der Waals surface area contributed by atoms with Gasteiger partial charge in [-0.15, -0.1) is 12.4 Å². The van der Waals surface area contributed by atoms with Crippen LogP contribution in [0, 0.1) is 5.92 Å². The van der Waals surface area contributed by atoms with Crippen LogP contribution in [0.5, 0.6) is 0 Å². The first-order chi connectivity index (χ1) is 10.4. The Morgan fingerprint density at radius 1 is 1.35 bits per heavy atom. The fourth-order valence-corrected chi connectivity index (χ4v) is 3.06. The summed E-state index contributed by atoms with van der Waals surface area (Å²) in [5.41, 5.74) is 7.54. The lowest BCUT2D eigenvalue weighted by Gasteiger charge is -2.37. The molecule has 1 fully saturated rings. The van der Waals surface area contributed by atoms with Crippen LogP contribution in [-0.2, 0) is 16.1 Å². The van der Waals surface area contributed by atoms with Crippen LogP contribution in [0.15, 0.2) is 24.3 Å². The van der Waals surface area contributed by atoms with Crippen LogP contribution in [0.1, 0.15) is 45.1 Å². The maximum absolute atomic E-state index is 12.4. The van der Waals surface area contributed by atoms with Crippen LogP contribution in [-0.4, -0.2) is 17.4 Å². The van der Waals surface area contributed by atoms with E-state index in [1.54, 1.807) is 0 Å². The summed E-state index contributed by atoms with van der Waals surface area (Å²) in [4.78, 5) is 23.5. The first kappa shape index (κ1) is 19.5. The monoisotopic (exact) mass is 339 g/mol. The summed E-state index contributed by atoms with van der Waals surface area (Å²) in [5, 5.41) is 5.71. The largest absolute Gasteiger partial charge is 0.352 e. The molecule has 4 N–H and O–H groups in total. The van der Waals surface area contributed by atoms with Crippen LogP contribution in [0.3, 0.4) is 0 Å². The summed E-state index contributed by atoms with van der Waals surface area (Å²) in [7, 11) is 0. The highest BCUT2D eigenvalue weighted by Crippen LogP contribution is 2.31. The zero-order chi connectivity index (χ0) is 16.2. The van der Waals surface area contributed by atoms with E-state index in [2.05, 4.69) is 10.6 Å². The zero-order valence-electron chi connectivity index (χ0n) is 13.7. The zero-order valence-corrected chi connectivity index (χ0v) is 14.5. The molecule has 0 aliphatic heterocycles. The second kappa shape index (κ2) is 8.31. The van der Waals surface area contributed by atoms with Gasteiger partial charge >= 0.3 is 0 Å². The molecule has 1 aromatic rings. The molecule has 1 aromatic carbocycles. The van der Waals surface area contributed by atoms with Crippen molar-refractivity contribution in [1.29, 1.82) is 0 Å². The number of carbonyl (C=O) groups is 2. The topological polar surface area (TPSA) is 84.2 Å². The van der Waals surface area contributed by atoms with Gasteiger partial charge < -0.3 is 16.4 Å². The third-order valence-corrected chi connectivity index (χ3v) is 4.28. The average molecular weight is 340 g/mol. The summed E-state index contributed by atoms with van der Waals surface area (Å²) in [6, 6.07) is 7.48. The molecule has 6 heteroatoms. The number of nitrogens with one attached hydrogen (secondary N) is 2. The molecule has 0 saturated heterocycles. The van der Waals surface area contributed by atoms with E-state index < -0.39 is 5.54 Å². The molecule has 2 rings (SSSR count). The molecule has 23 heavy (non-hydrogen) atoms. The second-order valence-corrected chi connectivity index (χ2v) is 6.40. The molecule has 1 aliphatic carbocycles. The van der Waals surface area contributed by atoms with E-state index in [-0.39, 0.29) is 30.1 Å². The maximum atomic E-state index is 12.4. The molecule has 0 heterocycles. The molecule has 0 bridgehead atoms. The van der Waals surface area contributed by atoms with Crippen molar-refractivity contribution in [2.75, 3.05) is 5.32 Å². The van der Waals surface area contributed by atoms with E-state index in [1.807, 2.05) is 31.2 Å². The molecule has 1 aliphatic rings. The second-order valence-electron chi connectivity index (χ2n) is 6.40. The molecule has 2 unspecified atom stereocenters. The van der Waals surface area contributed by atoms with Crippen molar-refractivity contribution < 1.29 is 9.59 Å². The quantitative estimate of drug-likeness (QED) is 0.788. The van der Waals surface area contributed by atoms with Crippen molar-refractivity contribution in [1.82, 2.24) is 5.32 Å². The number of carbonyl (C=O) groups excluding carboxylic acids is 2. The number of hydrogen-bond acceptors (Lipinski definition) is 3. The van der Waals surface area contributed by atoms with Gasteiger partial charge in [0.15, 0.2) is 0 Å². The number of anilines is 1. The van der Waals surface area contributed by atoms with Gasteiger partial charge in [-0.3, -0.25) is 9.59 Å². The molecule has 2 atom stereocenters. The number of amides is 2. The van der Waals surface area contributed by atoms with E-state index in [1.165, 1.54) is 6.92 Å². The summed E-state index contributed by atoms with van der Waals surface area (Å²) >= 11 is 0. The Balaban J connectivity index is 0.00000264. The Morgan fingerprint density at radius 3 is 2.74 bits per heavy atom. The van der Waals surface area contributed by atoms with E-state index in [0.29, 0.717) is 6.54 Å². The average Bonchev–Trinajstić information content (AvgIpc) is 2.44. The fourth-order valence-electron chi connectivity index (χ4n) is 3.06. The lowest BCUT2D eigenvalue weighted by atomic mass is 9.74. The van der Waals surface area contributed by atoms with Gasteiger partial charge in [0.25, 0.3) is 0 Å². The highest BCUT2D eigenvalue weighted by Gasteiger charge is 2.37. The minimum atomic E-state index is -0.416. The molecular weight excluding hydrogens is 314 g/mol. The first-order valence-electron chi connectivity index (χ1n) is 7.81. The van der Waals surface area contributed by atoms with Gasteiger partial charge in [0.05, 0.1) is 5.92 Å². The highest BCUT2D eigenvalue weighted by atomic mass is 35.5. The SMILES string of the molecule is CC(=O)Nc1cccc(CNC(=O)C2CCCCC2(C)N)c1.Cl. The fraction of sp³-hybridized carbons (Fsp3) is 0.529. The van der Waals surface area contributed by atoms with Crippen molar-refractivity contribution in [3.63, 3.8) is 0 Å². The third-order valence-electron chi connectivity index (χ3n) is 4.28. The molecule has 128 valence electrons. The lowest BCUT2D eigenvalue weighted by molar-refractivity contribution is -0.128.